The van der Waals surface area contributed by atoms with E-state index in [1.54, 1.807) is 4.68 Å². The SMILES string of the molecule is CS(=O)(=O)Nc1nc2n(n1)C(c1ccccc1)CC(c1ccc(Cl)cc1)N2. The Bertz CT molecular complexity index is 1050. The molecule has 2 unspecified atom stereocenters. The first-order chi connectivity index (χ1) is 12.9. The number of benzene rings is 2. The summed E-state index contributed by atoms with van der Waals surface area (Å²) in [6.45, 7) is 0. The van der Waals surface area contributed by atoms with Crippen LogP contribution in [0.4, 0.5) is 11.9 Å². The topological polar surface area (TPSA) is 88.9 Å². The minimum atomic E-state index is -3.46. The van der Waals surface area contributed by atoms with E-state index >= 15 is 0 Å². The molecule has 1 aliphatic rings. The molecule has 1 aromatic heterocycles. The molecule has 0 saturated carbocycles. The van der Waals surface area contributed by atoms with Crippen molar-refractivity contribution in [2.75, 3.05) is 16.3 Å². The maximum Gasteiger partial charge on any atom is 0.257 e. The second-order valence-corrected chi connectivity index (χ2v) is 8.67. The summed E-state index contributed by atoms with van der Waals surface area (Å²) in [5.74, 6) is 0.568. The number of nitrogens with zero attached hydrogens (tertiary/aromatic N) is 3. The molecule has 2 N–H and O–H groups in total. The number of rotatable bonds is 4. The first-order valence-corrected chi connectivity index (χ1v) is 10.7. The molecule has 4 rings (SSSR count). The van der Waals surface area contributed by atoms with E-state index < -0.39 is 10.0 Å². The van der Waals surface area contributed by atoms with Gasteiger partial charge < -0.3 is 5.32 Å². The maximum atomic E-state index is 11.5. The van der Waals surface area contributed by atoms with E-state index in [2.05, 4.69) is 20.1 Å². The van der Waals surface area contributed by atoms with E-state index in [1.807, 2.05) is 54.6 Å². The van der Waals surface area contributed by atoms with Gasteiger partial charge in [-0.25, -0.2) is 13.1 Å². The molecule has 7 nitrogen and oxygen atoms in total. The molecular formula is C18H18ClN5O2S. The van der Waals surface area contributed by atoms with Crippen molar-refractivity contribution in [1.29, 1.82) is 0 Å². The van der Waals surface area contributed by atoms with Crippen molar-refractivity contribution < 1.29 is 8.42 Å². The maximum absolute atomic E-state index is 11.5. The zero-order valence-electron chi connectivity index (χ0n) is 14.5. The summed E-state index contributed by atoms with van der Waals surface area (Å²) >= 11 is 6.01. The van der Waals surface area contributed by atoms with Gasteiger partial charge in [0.15, 0.2) is 0 Å². The Morgan fingerprint density at radius 2 is 1.81 bits per heavy atom. The molecule has 0 bridgehead atoms. The fourth-order valence-corrected chi connectivity index (χ4v) is 3.80. The van der Waals surface area contributed by atoms with E-state index in [4.69, 9.17) is 11.6 Å². The third-order valence-corrected chi connectivity index (χ3v) is 5.23. The van der Waals surface area contributed by atoms with Crippen LogP contribution in [0.5, 0.6) is 0 Å². The highest BCUT2D eigenvalue weighted by Gasteiger charge is 2.31. The number of fused-ring (bicyclic) bond motifs is 1. The fourth-order valence-electron chi connectivity index (χ4n) is 3.25. The molecule has 0 spiro atoms. The normalized spacial score (nSPS) is 19.2. The van der Waals surface area contributed by atoms with Gasteiger partial charge in [-0.1, -0.05) is 54.1 Å². The number of hydrogen-bond acceptors (Lipinski definition) is 5. The summed E-state index contributed by atoms with van der Waals surface area (Å²) in [5.41, 5.74) is 2.15. The largest absolute Gasteiger partial charge is 0.347 e. The van der Waals surface area contributed by atoms with Crippen molar-refractivity contribution in [3.63, 3.8) is 0 Å². The molecule has 140 valence electrons. The van der Waals surface area contributed by atoms with Gasteiger partial charge in [0.2, 0.25) is 16.0 Å². The minimum absolute atomic E-state index is 0.00439. The van der Waals surface area contributed by atoms with Crippen molar-refractivity contribution in [1.82, 2.24) is 14.8 Å². The lowest BCUT2D eigenvalue weighted by molar-refractivity contribution is 0.431. The van der Waals surface area contributed by atoms with Gasteiger partial charge in [0.1, 0.15) is 0 Å². The molecule has 0 fully saturated rings. The first kappa shape index (κ1) is 17.8. The molecule has 2 atom stereocenters. The van der Waals surface area contributed by atoms with Crippen molar-refractivity contribution in [3.8, 4) is 0 Å². The van der Waals surface area contributed by atoms with Gasteiger partial charge >= 0.3 is 0 Å². The highest BCUT2D eigenvalue weighted by molar-refractivity contribution is 7.91. The molecule has 1 aliphatic heterocycles. The van der Waals surface area contributed by atoms with E-state index in [0.717, 1.165) is 23.8 Å². The van der Waals surface area contributed by atoms with Gasteiger partial charge in [0.05, 0.1) is 18.3 Å². The van der Waals surface area contributed by atoms with Crippen LogP contribution < -0.4 is 10.0 Å². The van der Waals surface area contributed by atoms with Gasteiger partial charge in [-0.15, -0.1) is 5.10 Å². The summed E-state index contributed by atoms with van der Waals surface area (Å²) in [6, 6.07) is 17.5. The molecular weight excluding hydrogens is 386 g/mol. The van der Waals surface area contributed by atoms with Crippen molar-refractivity contribution >= 4 is 33.5 Å². The van der Waals surface area contributed by atoms with Crippen LogP contribution in [0.3, 0.4) is 0 Å². The van der Waals surface area contributed by atoms with Gasteiger partial charge in [-0.2, -0.15) is 4.98 Å². The second-order valence-electron chi connectivity index (χ2n) is 6.49. The fraction of sp³-hybridized carbons (Fsp3) is 0.222. The predicted molar refractivity (Wildman–Crippen MR) is 106 cm³/mol. The van der Waals surface area contributed by atoms with E-state index in [0.29, 0.717) is 11.0 Å². The summed E-state index contributed by atoms with van der Waals surface area (Å²) in [7, 11) is -3.46. The second kappa shape index (κ2) is 6.86. The Morgan fingerprint density at radius 1 is 1.11 bits per heavy atom. The van der Waals surface area contributed by atoms with Crippen LogP contribution in [-0.2, 0) is 10.0 Å². The summed E-state index contributed by atoms with van der Waals surface area (Å²) < 4.78 is 27.2. The number of anilines is 2. The minimum Gasteiger partial charge on any atom is -0.347 e. The van der Waals surface area contributed by atoms with E-state index in [-0.39, 0.29) is 18.0 Å². The van der Waals surface area contributed by atoms with Crippen LogP contribution in [0.15, 0.2) is 54.6 Å². The molecule has 0 saturated heterocycles. The van der Waals surface area contributed by atoms with Gasteiger partial charge in [-0.3, -0.25) is 4.72 Å². The predicted octanol–water partition coefficient (Wildman–Crippen LogP) is 3.45. The average molecular weight is 404 g/mol. The number of sulfonamides is 1. The monoisotopic (exact) mass is 403 g/mol. The lowest BCUT2D eigenvalue weighted by Gasteiger charge is -2.31. The van der Waals surface area contributed by atoms with Crippen molar-refractivity contribution in [2.45, 2.75) is 18.5 Å². The number of aromatic nitrogens is 3. The van der Waals surface area contributed by atoms with Gasteiger partial charge in [0, 0.05) is 5.02 Å². The third-order valence-electron chi connectivity index (χ3n) is 4.42. The molecule has 2 heterocycles. The van der Waals surface area contributed by atoms with Crippen molar-refractivity contribution in [2.24, 2.45) is 0 Å². The van der Waals surface area contributed by atoms with Gasteiger partial charge in [0.25, 0.3) is 5.95 Å². The quantitative estimate of drug-likeness (QED) is 0.696. The highest BCUT2D eigenvalue weighted by atomic mass is 35.5. The average Bonchev–Trinajstić information content (AvgIpc) is 3.02. The zero-order valence-corrected chi connectivity index (χ0v) is 16.1. The lowest BCUT2D eigenvalue weighted by Crippen LogP contribution is -2.28. The smallest absolute Gasteiger partial charge is 0.257 e. The Balaban J connectivity index is 1.75. The molecule has 27 heavy (non-hydrogen) atoms. The Labute approximate surface area is 162 Å². The zero-order chi connectivity index (χ0) is 19.0. The van der Waals surface area contributed by atoms with Crippen LogP contribution in [-0.4, -0.2) is 29.4 Å². The molecule has 3 aromatic rings. The number of hydrogen-bond donors (Lipinski definition) is 2. The van der Waals surface area contributed by atoms with E-state index in [9.17, 15) is 8.42 Å². The molecule has 2 aromatic carbocycles. The summed E-state index contributed by atoms with van der Waals surface area (Å²) in [6.07, 6.45) is 1.81. The number of nitrogens with one attached hydrogen (secondary N) is 2. The van der Waals surface area contributed by atoms with Crippen LogP contribution in [0.2, 0.25) is 5.02 Å². The van der Waals surface area contributed by atoms with Crippen LogP contribution in [0, 0.1) is 0 Å². The lowest BCUT2D eigenvalue weighted by atomic mass is 9.93. The molecule has 0 aliphatic carbocycles. The standard InChI is InChI=1S/C18H18ClN5O2S/c1-27(25,26)23-17-21-18-20-15(12-7-9-14(19)10-8-12)11-16(24(18)22-17)13-5-3-2-4-6-13/h2-10,15-16H,11H2,1H3,(H2,20,21,22,23). The van der Waals surface area contributed by atoms with Crippen molar-refractivity contribution in [3.05, 3.63) is 70.7 Å². The molecule has 0 amide bonds. The number of halogens is 1. The van der Waals surface area contributed by atoms with Crippen LogP contribution in [0.25, 0.3) is 0 Å². The van der Waals surface area contributed by atoms with Crippen LogP contribution in [0.1, 0.15) is 29.6 Å². The van der Waals surface area contributed by atoms with Gasteiger partial charge in [-0.05, 0) is 29.7 Å². The summed E-state index contributed by atoms with van der Waals surface area (Å²) in [4.78, 5) is 4.33. The van der Waals surface area contributed by atoms with E-state index in [1.165, 1.54) is 0 Å². The summed E-state index contributed by atoms with van der Waals surface area (Å²) in [5, 5.41) is 8.40. The highest BCUT2D eigenvalue weighted by Crippen LogP contribution is 2.38. The Hall–Kier alpha value is -2.58. The van der Waals surface area contributed by atoms with Crippen LogP contribution >= 0.6 is 11.6 Å². The Morgan fingerprint density at radius 3 is 2.48 bits per heavy atom. The third kappa shape index (κ3) is 3.91. The first-order valence-electron chi connectivity index (χ1n) is 8.40. The Kier molecular flexibility index (Phi) is 4.53. The molecule has 0 radical (unpaired) electrons. The molecule has 9 heteroatoms.